The molecule has 0 fully saturated rings. The molecule has 0 radical (unpaired) electrons. The monoisotopic (exact) mass is 251 g/mol. The molecule has 0 N–H and O–H groups in total. The summed E-state index contributed by atoms with van der Waals surface area (Å²) in [5.74, 6) is 2.28. The molecule has 104 valence electrons. The number of hydrogen-bond donors (Lipinski definition) is 0. The molecule has 0 aliphatic heterocycles. The van der Waals surface area contributed by atoms with Gasteiger partial charge in [-0.3, -0.25) is 0 Å². The molecule has 1 rings (SSSR count). The second-order valence-electron chi connectivity index (χ2n) is 6.24. The van der Waals surface area contributed by atoms with Gasteiger partial charge < -0.3 is 0 Å². The third kappa shape index (κ3) is 5.19. The van der Waals surface area contributed by atoms with Crippen molar-refractivity contribution in [2.75, 3.05) is 0 Å². The van der Waals surface area contributed by atoms with E-state index in [0.717, 1.165) is 30.7 Å². The van der Waals surface area contributed by atoms with E-state index in [2.05, 4.69) is 49.6 Å². The average Bonchev–Trinajstić information content (AvgIpc) is 2.73. The smallest absolute Gasteiger partial charge is 0.0725 e. The van der Waals surface area contributed by atoms with Gasteiger partial charge in [0.1, 0.15) is 0 Å². The van der Waals surface area contributed by atoms with Crippen LogP contribution in [0.15, 0.2) is 6.20 Å². The number of aromatic nitrogens is 3. The van der Waals surface area contributed by atoms with Gasteiger partial charge in [0, 0.05) is 6.54 Å². The van der Waals surface area contributed by atoms with Gasteiger partial charge in [0.15, 0.2) is 0 Å². The summed E-state index contributed by atoms with van der Waals surface area (Å²) >= 11 is 0. The lowest BCUT2D eigenvalue weighted by atomic mass is 9.95. The first-order valence-corrected chi connectivity index (χ1v) is 7.38. The van der Waals surface area contributed by atoms with E-state index in [4.69, 9.17) is 0 Å². The molecule has 0 aliphatic carbocycles. The summed E-state index contributed by atoms with van der Waals surface area (Å²) in [5, 5.41) is 8.27. The van der Waals surface area contributed by atoms with Crippen molar-refractivity contribution in [1.82, 2.24) is 15.0 Å². The Bertz CT molecular complexity index is 328. The first-order valence-electron chi connectivity index (χ1n) is 7.38. The molecule has 1 aromatic rings. The highest BCUT2D eigenvalue weighted by molar-refractivity contribution is 4.94. The summed E-state index contributed by atoms with van der Waals surface area (Å²) < 4.78 is 2.10. The Kier molecular flexibility index (Phi) is 6.37. The van der Waals surface area contributed by atoms with Crippen molar-refractivity contribution in [3.05, 3.63) is 11.9 Å². The summed E-state index contributed by atoms with van der Waals surface area (Å²) in [7, 11) is 0. The molecule has 3 nitrogen and oxygen atoms in total. The van der Waals surface area contributed by atoms with Crippen LogP contribution in [0.3, 0.4) is 0 Å². The van der Waals surface area contributed by atoms with Crippen LogP contribution < -0.4 is 0 Å². The van der Waals surface area contributed by atoms with E-state index in [-0.39, 0.29) is 0 Å². The number of hydrogen-bond acceptors (Lipinski definition) is 2. The molecule has 0 aliphatic rings. The molecule has 18 heavy (non-hydrogen) atoms. The van der Waals surface area contributed by atoms with Crippen molar-refractivity contribution >= 4 is 0 Å². The quantitative estimate of drug-likeness (QED) is 0.700. The lowest BCUT2D eigenvalue weighted by Crippen LogP contribution is -2.12. The first kappa shape index (κ1) is 15.2. The highest BCUT2D eigenvalue weighted by Gasteiger charge is 2.09. The molecule has 1 heterocycles. The average molecular weight is 251 g/mol. The Balaban J connectivity index is 2.40. The normalized spacial score (nSPS) is 13.5. The van der Waals surface area contributed by atoms with Crippen molar-refractivity contribution in [2.45, 2.75) is 66.8 Å². The van der Waals surface area contributed by atoms with Gasteiger partial charge in [0.05, 0.1) is 11.9 Å². The number of rotatable bonds is 8. The second-order valence-corrected chi connectivity index (χ2v) is 6.24. The fourth-order valence-electron chi connectivity index (χ4n) is 2.01. The molecular formula is C15H29N3. The summed E-state index contributed by atoms with van der Waals surface area (Å²) in [6, 6.07) is 0. The molecule has 3 heteroatoms. The van der Waals surface area contributed by atoms with Crippen LogP contribution in [-0.4, -0.2) is 15.0 Å². The minimum atomic E-state index is 0.748. The lowest BCUT2D eigenvalue weighted by Gasteiger charge is -2.15. The Morgan fingerprint density at radius 2 is 1.83 bits per heavy atom. The summed E-state index contributed by atoms with van der Waals surface area (Å²) in [4.78, 5) is 0. The van der Waals surface area contributed by atoms with Gasteiger partial charge in [-0.1, -0.05) is 46.3 Å². The molecular weight excluding hydrogens is 222 g/mol. The second kappa shape index (κ2) is 7.55. The van der Waals surface area contributed by atoms with Crippen LogP contribution in [0.1, 0.15) is 59.6 Å². The van der Waals surface area contributed by atoms with Crippen LogP contribution in [0, 0.1) is 17.8 Å². The predicted octanol–water partition coefficient (Wildman–Crippen LogP) is 3.94. The van der Waals surface area contributed by atoms with Crippen LogP contribution in [-0.2, 0) is 13.0 Å². The summed E-state index contributed by atoms with van der Waals surface area (Å²) in [5.41, 5.74) is 1.30. The number of aryl methyl sites for hydroxylation is 2. The zero-order chi connectivity index (χ0) is 13.5. The van der Waals surface area contributed by atoms with Gasteiger partial charge in [-0.05, 0) is 37.0 Å². The fraction of sp³-hybridized carbons (Fsp3) is 0.867. The maximum atomic E-state index is 4.21. The Morgan fingerprint density at radius 1 is 1.11 bits per heavy atom. The van der Waals surface area contributed by atoms with Crippen molar-refractivity contribution in [3.63, 3.8) is 0 Å². The number of nitrogens with zero attached hydrogens (tertiary/aromatic N) is 3. The van der Waals surface area contributed by atoms with E-state index in [1.165, 1.54) is 25.0 Å². The standard InChI is InChI=1S/C15H29N3/c1-12(2)7-6-8-15-11-16-17-18(15)10-9-14(5)13(3)4/h11-14H,6-10H2,1-5H3. The summed E-state index contributed by atoms with van der Waals surface area (Å²) in [6.07, 6.45) is 6.76. The third-order valence-corrected chi connectivity index (χ3v) is 3.85. The van der Waals surface area contributed by atoms with Crippen molar-refractivity contribution in [1.29, 1.82) is 0 Å². The maximum Gasteiger partial charge on any atom is 0.0725 e. The highest BCUT2D eigenvalue weighted by Crippen LogP contribution is 2.16. The van der Waals surface area contributed by atoms with Crippen LogP contribution in [0.5, 0.6) is 0 Å². The Labute approximate surface area is 112 Å². The van der Waals surface area contributed by atoms with Crippen LogP contribution in [0.2, 0.25) is 0 Å². The fourth-order valence-corrected chi connectivity index (χ4v) is 2.01. The maximum absolute atomic E-state index is 4.21. The molecule has 0 amide bonds. The minimum Gasteiger partial charge on any atom is -0.249 e. The van der Waals surface area contributed by atoms with Crippen molar-refractivity contribution < 1.29 is 0 Å². The van der Waals surface area contributed by atoms with Crippen molar-refractivity contribution in [2.24, 2.45) is 17.8 Å². The molecule has 0 saturated carbocycles. The lowest BCUT2D eigenvalue weighted by molar-refractivity contribution is 0.355. The van der Waals surface area contributed by atoms with Gasteiger partial charge in [-0.2, -0.15) is 0 Å². The summed E-state index contributed by atoms with van der Waals surface area (Å²) in [6.45, 7) is 12.5. The van der Waals surface area contributed by atoms with E-state index >= 15 is 0 Å². The molecule has 0 spiro atoms. The molecule has 0 bridgehead atoms. The van der Waals surface area contributed by atoms with E-state index in [1.807, 2.05) is 6.20 Å². The molecule has 0 aromatic carbocycles. The van der Waals surface area contributed by atoms with E-state index in [1.54, 1.807) is 0 Å². The molecule has 1 unspecified atom stereocenters. The minimum absolute atomic E-state index is 0.748. The van der Waals surface area contributed by atoms with E-state index in [9.17, 15) is 0 Å². The van der Waals surface area contributed by atoms with Gasteiger partial charge in [0.2, 0.25) is 0 Å². The molecule has 1 aromatic heterocycles. The van der Waals surface area contributed by atoms with Gasteiger partial charge in [0.25, 0.3) is 0 Å². The largest absolute Gasteiger partial charge is 0.249 e. The molecule has 0 saturated heterocycles. The Morgan fingerprint density at radius 3 is 2.44 bits per heavy atom. The zero-order valence-electron chi connectivity index (χ0n) is 12.7. The molecule has 1 atom stereocenters. The van der Waals surface area contributed by atoms with E-state index < -0.39 is 0 Å². The van der Waals surface area contributed by atoms with Crippen LogP contribution >= 0.6 is 0 Å². The highest BCUT2D eigenvalue weighted by atomic mass is 15.4. The van der Waals surface area contributed by atoms with E-state index in [0.29, 0.717) is 0 Å². The third-order valence-electron chi connectivity index (χ3n) is 3.85. The van der Waals surface area contributed by atoms with Crippen LogP contribution in [0.25, 0.3) is 0 Å². The predicted molar refractivity (Wildman–Crippen MR) is 76.4 cm³/mol. The van der Waals surface area contributed by atoms with Crippen LogP contribution in [0.4, 0.5) is 0 Å². The van der Waals surface area contributed by atoms with Gasteiger partial charge >= 0.3 is 0 Å². The topological polar surface area (TPSA) is 30.7 Å². The van der Waals surface area contributed by atoms with Crippen molar-refractivity contribution in [3.8, 4) is 0 Å². The zero-order valence-corrected chi connectivity index (χ0v) is 12.7. The Hall–Kier alpha value is -0.860. The first-order chi connectivity index (χ1) is 8.50. The van der Waals surface area contributed by atoms with Gasteiger partial charge in [-0.15, -0.1) is 5.10 Å². The van der Waals surface area contributed by atoms with Gasteiger partial charge in [-0.25, -0.2) is 4.68 Å². The SMILES string of the molecule is CC(C)CCCc1cnnn1CCC(C)C(C)C.